The van der Waals surface area contributed by atoms with E-state index < -0.39 is 67.3 Å². The minimum absolute atomic E-state index is 0.0329. The third-order valence-corrected chi connectivity index (χ3v) is 12.3. The summed E-state index contributed by atoms with van der Waals surface area (Å²) >= 11 is 0. The minimum Gasteiger partial charge on any atom is -0.479 e. The molecule has 1 fully saturated rings. The first kappa shape index (κ1) is 68.4. The van der Waals surface area contributed by atoms with Crippen molar-refractivity contribution in [3.8, 4) is 0 Å². The maximum absolute atomic E-state index is 13.1. The van der Waals surface area contributed by atoms with Crippen LogP contribution in [-0.4, -0.2) is 89.2 Å². The number of carbonyl (C=O) groups excluding carboxylic acids is 3. The predicted molar refractivity (Wildman–Crippen MR) is 303 cm³/mol. The van der Waals surface area contributed by atoms with Gasteiger partial charge in [0, 0.05) is 12.8 Å². The number of rotatable bonds is 47. The number of unbranched alkanes of at least 4 members (excludes halogenated alkanes) is 16. The second-order valence-corrected chi connectivity index (χ2v) is 19.2. The lowest BCUT2D eigenvalue weighted by Crippen LogP contribution is -2.61. The van der Waals surface area contributed by atoms with Crippen LogP contribution in [0.4, 0.5) is 0 Å². The van der Waals surface area contributed by atoms with E-state index in [-0.39, 0.29) is 25.9 Å². The molecule has 1 heterocycles. The summed E-state index contributed by atoms with van der Waals surface area (Å²) in [6.45, 7) is 5.69. The molecule has 0 aliphatic carbocycles. The minimum atomic E-state index is -1.92. The van der Waals surface area contributed by atoms with Crippen LogP contribution in [0.1, 0.15) is 213 Å². The molecule has 6 unspecified atom stereocenters. The largest absolute Gasteiger partial charge is 0.479 e. The van der Waals surface area contributed by atoms with Crippen molar-refractivity contribution in [2.45, 2.75) is 250 Å². The fourth-order valence-electron chi connectivity index (χ4n) is 7.90. The summed E-state index contributed by atoms with van der Waals surface area (Å²) in [6, 6.07) is 0. The maximum atomic E-state index is 13.1. The highest BCUT2D eigenvalue weighted by Crippen LogP contribution is 2.26. The average molecular weight is 1050 g/mol. The molecule has 0 spiro atoms. The molecule has 1 aliphatic heterocycles. The standard InChI is InChI=1S/C63H100O12/c1-4-7-10-13-16-19-22-24-26-27-28-29-31-32-35-37-40-43-46-49-55(64)71-52-54(73-56(65)50-47-44-41-39-36-33-30-25-23-20-17-14-11-8-5-2)53-72-63-61(59(68)58(67)60(75-63)62(69)70)74-57(66)51-48-45-42-38-34-21-18-15-12-9-6-3/h8,11,15-20,24-26,28-30,36,39,44,47,54,58-61,63,67-68H,4-7,9-10,12-14,21-23,27,31-35,37-38,40-43,45-46,48-53H2,1-3H3,(H,69,70)/b11-8-,18-15-,19-16-,20-17-,26-24-,29-28-,30-25-,39-36-,47-44-. The van der Waals surface area contributed by atoms with Crippen molar-refractivity contribution in [1.29, 1.82) is 0 Å². The van der Waals surface area contributed by atoms with Crippen molar-refractivity contribution in [1.82, 2.24) is 0 Å². The van der Waals surface area contributed by atoms with Gasteiger partial charge in [0.1, 0.15) is 18.8 Å². The Morgan fingerprint density at radius 2 is 0.893 bits per heavy atom. The zero-order valence-electron chi connectivity index (χ0n) is 46.5. The van der Waals surface area contributed by atoms with Gasteiger partial charge in [-0.1, -0.05) is 201 Å². The summed E-state index contributed by atoms with van der Waals surface area (Å²) in [5.41, 5.74) is 0. The van der Waals surface area contributed by atoms with Crippen molar-refractivity contribution in [3.05, 3.63) is 109 Å². The summed E-state index contributed by atoms with van der Waals surface area (Å²) in [6.07, 6.45) is 55.2. The van der Waals surface area contributed by atoms with Crippen LogP contribution in [0.2, 0.25) is 0 Å². The first-order valence-corrected chi connectivity index (χ1v) is 28.9. The highest BCUT2D eigenvalue weighted by atomic mass is 16.7. The predicted octanol–water partition coefficient (Wildman–Crippen LogP) is 14.7. The van der Waals surface area contributed by atoms with Gasteiger partial charge < -0.3 is 39.0 Å². The van der Waals surface area contributed by atoms with Gasteiger partial charge in [0.2, 0.25) is 0 Å². The molecule has 1 aliphatic rings. The van der Waals surface area contributed by atoms with Crippen LogP contribution in [-0.2, 0) is 42.9 Å². The summed E-state index contributed by atoms with van der Waals surface area (Å²) in [4.78, 5) is 51.0. The molecule has 0 aromatic carbocycles. The van der Waals surface area contributed by atoms with Gasteiger partial charge in [-0.3, -0.25) is 14.4 Å². The summed E-state index contributed by atoms with van der Waals surface area (Å²) < 4.78 is 28.2. The Balaban J connectivity index is 2.75. The van der Waals surface area contributed by atoms with Gasteiger partial charge in [-0.2, -0.15) is 0 Å². The lowest BCUT2D eigenvalue weighted by Gasteiger charge is -2.40. The first-order chi connectivity index (χ1) is 36.6. The number of carbonyl (C=O) groups is 4. The molecular weight excluding hydrogens is 949 g/mol. The third kappa shape index (κ3) is 40.3. The molecule has 1 saturated heterocycles. The molecule has 0 aromatic heterocycles. The molecule has 0 saturated carbocycles. The van der Waals surface area contributed by atoms with Gasteiger partial charge in [0.25, 0.3) is 0 Å². The fourth-order valence-corrected chi connectivity index (χ4v) is 7.90. The first-order valence-electron chi connectivity index (χ1n) is 28.9. The smallest absolute Gasteiger partial charge is 0.335 e. The lowest BCUT2D eigenvalue weighted by atomic mass is 9.98. The molecule has 6 atom stereocenters. The van der Waals surface area contributed by atoms with E-state index in [1.807, 2.05) is 18.2 Å². The van der Waals surface area contributed by atoms with Gasteiger partial charge in [0.05, 0.1) is 13.0 Å². The van der Waals surface area contributed by atoms with E-state index in [1.165, 1.54) is 38.5 Å². The number of carboxylic acid groups (broad SMARTS) is 1. The van der Waals surface area contributed by atoms with E-state index in [4.69, 9.17) is 23.7 Å². The molecule has 0 aromatic rings. The second kappa shape index (κ2) is 50.2. The average Bonchev–Trinajstić information content (AvgIpc) is 3.39. The second-order valence-electron chi connectivity index (χ2n) is 19.2. The lowest BCUT2D eigenvalue weighted by molar-refractivity contribution is -0.301. The van der Waals surface area contributed by atoms with Crippen LogP contribution in [0.25, 0.3) is 0 Å². The van der Waals surface area contributed by atoms with Gasteiger partial charge in [-0.05, 0) is 103 Å². The van der Waals surface area contributed by atoms with Crippen molar-refractivity contribution >= 4 is 23.9 Å². The van der Waals surface area contributed by atoms with E-state index in [0.29, 0.717) is 19.3 Å². The monoisotopic (exact) mass is 1050 g/mol. The van der Waals surface area contributed by atoms with E-state index in [9.17, 15) is 34.5 Å². The Kier molecular flexibility index (Phi) is 45.8. The van der Waals surface area contributed by atoms with E-state index in [0.717, 1.165) is 116 Å². The molecule has 12 heteroatoms. The van der Waals surface area contributed by atoms with Crippen molar-refractivity contribution < 1.29 is 58.2 Å². The van der Waals surface area contributed by atoms with Crippen molar-refractivity contribution in [3.63, 3.8) is 0 Å². The molecule has 12 nitrogen and oxygen atoms in total. The highest BCUT2D eigenvalue weighted by Gasteiger charge is 2.50. The topological polar surface area (TPSA) is 175 Å². The molecule has 424 valence electrons. The van der Waals surface area contributed by atoms with Crippen LogP contribution >= 0.6 is 0 Å². The number of esters is 3. The molecule has 75 heavy (non-hydrogen) atoms. The van der Waals surface area contributed by atoms with Gasteiger partial charge >= 0.3 is 23.9 Å². The van der Waals surface area contributed by atoms with Crippen molar-refractivity contribution in [2.24, 2.45) is 0 Å². The summed E-state index contributed by atoms with van der Waals surface area (Å²) in [7, 11) is 0. The summed E-state index contributed by atoms with van der Waals surface area (Å²) in [5, 5.41) is 31.4. The Labute approximate surface area is 453 Å². The van der Waals surface area contributed by atoms with Crippen LogP contribution in [0.5, 0.6) is 0 Å². The molecule has 0 radical (unpaired) electrons. The van der Waals surface area contributed by atoms with Gasteiger partial charge in [-0.15, -0.1) is 0 Å². The number of ether oxygens (including phenoxy) is 5. The SMILES string of the molecule is CC/C=C\C/C=C\C/C=C\C/C=C\C/C=C\CC(=O)OC(COC(=O)CCCCCCCC/C=C\C/C=C\C/C=C\CCCCC)COC1OC(C(=O)O)C(O)C(O)C1OC(=O)CCCCCCC/C=C\CCCC. The molecule has 0 amide bonds. The highest BCUT2D eigenvalue weighted by molar-refractivity contribution is 5.74. The maximum Gasteiger partial charge on any atom is 0.335 e. The Hall–Kier alpha value is -4.62. The Morgan fingerprint density at radius 3 is 1.40 bits per heavy atom. The molecule has 1 rings (SSSR count). The Bertz CT molecular complexity index is 1720. The molecule has 3 N–H and O–H groups in total. The zero-order chi connectivity index (χ0) is 54.7. The summed E-state index contributed by atoms with van der Waals surface area (Å²) in [5.74, 6) is -3.33. The molecular formula is C63H100O12. The fraction of sp³-hybridized carbons (Fsp3) is 0.651. The van der Waals surface area contributed by atoms with Crippen LogP contribution in [0.3, 0.4) is 0 Å². The van der Waals surface area contributed by atoms with E-state index in [1.54, 1.807) is 6.08 Å². The van der Waals surface area contributed by atoms with E-state index >= 15 is 0 Å². The number of aliphatic hydroxyl groups excluding tert-OH is 2. The number of aliphatic hydroxyl groups is 2. The van der Waals surface area contributed by atoms with Crippen LogP contribution < -0.4 is 0 Å². The van der Waals surface area contributed by atoms with Gasteiger partial charge in [0.15, 0.2) is 24.6 Å². The number of hydrogen-bond donors (Lipinski definition) is 3. The number of allylic oxidation sites excluding steroid dienone is 17. The number of aliphatic carboxylic acids is 1. The quantitative estimate of drug-likeness (QED) is 0.0228. The van der Waals surface area contributed by atoms with Crippen molar-refractivity contribution in [2.75, 3.05) is 13.2 Å². The number of hydrogen-bond acceptors (Lipinski definition) is 11. The zero-order valence-corrected chi connectivity index (χ0v) is 46.5. The normalized spacial score (nSPS) is 19.0. The van der Waals surface area contributed by atoms with Gasteiger partial charge in [-0.25, -0.2) is 4.79 Å². The number of carboxylic acids is 1. The van der Waals surface area contributed by atoms with E-state index in [2.05, 4.69) is 106 Å². The Morgan fingerprint density at radius 1 is 0.467 bits per heavy atom. The van der Waals surface area contributed by atoms with Crippen LogP contribution in [0, 0.1) is 0 Å². The molecule has 0 bridgehead atoms. The van der Waals surface area contributed by atoms with Crippen LogP contribution in [0.15, 0.2) is 109 Å². The third-order valence-electron chi connectivity index (χ3n) is 12.3.